The van der Waals surface area contributed by atoms with E-state index in [0.717, 1.165) is 9.90 Å². The van der Waals surface area contributed by atoms with E-state index < -0.39 is 4.33 Å². The van der Waals surface area contributed by atoms with Crippen LogP contribution in [0.4, 0.5) is 5.13 Å². The first-order valence-electron chi connectivity index (χ1n) is 5.10. The molecule has 1 aliphatic carbocycles. The number of amides is 1. The van der Waals surface area contributed by atoms with Crippen LogP contribution in [0.15, 0.2) is 4.21 Å². The number of nitrogens with one attached hydrogen (secondary N) is 1. The first-order valence-corrected chi connectivity index (χ1v) is 7.65. The quantitative estimate of drug-likeness (QED) is 0.683. The van der Waals surface area contributed by atoms with Crippen LogP contribution in [-0.2, 0) is 4.79 Å². The van der Waals surface area contributed by atoms with Crippen molar-refractivity contribution in [1.82, 2.24) is 4.98 Å². The third kappa shape index (κ3) is 3.09. The van der Waals surface area contributed by atoms with Crippen molar-refractivity contribution >= 4 is 57.3 Å². The first kappa shape index (κ1) is 13.9. The number of thioether (sulfide) groups is 1. The zero-order valence-electron chi connectivity index (χ0n) is 9.37. The molecule has 1 aromatic heterocycles. The number of anilines is 1. The molecule has 1 amide bonds. The molecule has 18 heavy (non-hydrogen) atoms. The number of aromatic nitrogens is 1. The van der Waals surface area contributed by atoms with Crippen LogP contribution < -0.4 is 5.32 Å². The van der Waals surface area contributed by atoms with Crippen molar-refractivity contribution in [2.45, 2.75) is 21.9 Å². The summed E-state index contributed by atoms with van der Waals surface area (Å²) in [7, 11) is 0. The molecule has 0 bridgehead atoms. The topological polar surface area (TPSA) is 65.8 Å². The number of hydrogen-bond acceptors (Lipinski definition) is 5. The Hall–Kier alpha value is -0.480. The molecule has 0 aromatic carbocycles. The molecule has 0 saturated heterocycles. The highest BCUT2D eigenvalue weighted by molar-refractivity contribution is 8.01. The minimum Gasteiger partial charge on any atom is -0.302 e. The molecule has 1 aliphatic rings. The summed E-state index contributed by atoms with van der Waals surface area (Å²) in [4.78, 5) is 16.0. The SMILES string of the molecule is Cc1nc(NC(=O)C2CC2(Cl)Cl)sc1SCC#N. The lowest BCUT2D eigenvalue weighted by atomic mass is 10.4. The van der Waals surface area contributed by atoms with Gasteiger partial charge < -0.3 is 5.32 Å². The standard InChI is InChI=1S/C10H9Cl2N3OS2/c1-5-8(17-3-2-13)18-9(14-5)15-7(16)6-4-10(6,11)12/h6H,3-4H2,1H3,(H,14,15,16). The highest BCUT2D eigenvalue weighted by atomic mass is 35.5. The second-order valence-corrected chi connectivity index (χ2v) is 7.63. The molecule has 1 atom stereocenters. The van der Waals surface area contributed by atoms with E-state index in [9.17, 15) is 4.79 Å². The van der Waals surface area contributed by atoms with Crippen LogP contribution in [-0.4, -0.2) is 21.0 Å². The molecule has 1 fully saturated rings. The van der Waals surface area contributed by atoms with E-state index in [2.05, 4.69) is 16.4 Å². The number of nitriles is 1. The highest BCUT2D eigenvalue weighted by Gasteiger charge is 2.56. The molecular weight excluding hydrogens is 313 g/mol. The van der Waals surface area contributed by atoms with Crippen molar-refractivity contribution in [3.8, 4) is 6.07 Å². The largest absolute Gasteiger partial charge is 0.302 e. The van der Waals surface area contributed by atoms with Crippen LogP contribution in [0.25, 0.3) is 0 Å². The fourth-order valence-corrected chi connectivity index (χ4v) is 3.67. The monoisotopic (exact) mass is 321 g/mol. The van der Waals surface area contributed by atoms with Gasteiger partial charge in [0.1, 0.15) is 4.33 Å². The van der Waals surface area contributed by atoms with Gasteiger partial charge in [0, 0.05) is 0 Å². The van der Waals surface area contributed by atoms with E-state index in [1.165, 1.54) is 23.1 Å². The Kier molecular flexibility index (Phi) is 4.07. The van der Waals surface area contributed by atoms with Crippen LogP contribution in [0.1, 0.15) is 12.1 Å². The molecule has 2 rings (SSSR count). The lowest BCUT2D eigenvalue weighted by molar-refractivity contribution is -0.117. The predicted molar refractivity (Wildman–Crippen MR) is 74.4 cm³/mol. The second-order valence-electron chi connectivity index (χ2n) is 3.85. The summed E-state index contributed by atoms with van der Waals surface area (Å²) in [6, 6.07) is 2.05. The predicted octanol–water partition coefficient (Wildman–Crippen LogP) is 3.20. The van der Waals surface area contributed by atoms with Gasteiger partial charge in [-0.15, -0.1) is 23.2 Å². The van der Waals surface area contributed by atoms with E-state index in [-0.39, 0.29) is 11.8 Å². The Morgan fingerprint density at radius 3 is 3.00 bits per heavy atom. The van der Waals surface area contributed by atoms with Gasteiger partial charge in [-0.2, -0.15) is 5.26 Å². The molecule has 0 aliphatic heterocycles. The number of halogens is 2. The Morgan fingerprint density at radius 2 is 2.44 bits per heavy atom. The van der Waals surface area contributed by atoms with Crippen LogP contribution in [0, 0.1) is 24.2 Å². The van der Waals surface area contributed by atoms with Crippen LogP contribution in [0.5, 0.6) is 0 Å². The molecule has 1 unspecified atom stereocenters. The molecule has 1 saturated carbocycles. The van der Waals surface area contributed by atoms with Gasteiger partial charge in [-0.1, -0.05) is 23.1 Å². The lowest BCUT2D eigenvalue weighted by Gasteiger charge is -2.00. The Morgan fingerprint density at radius 1 is 1.78 bits per heavy atom. The Bertz CT molecular complexity index is 524. The maximum atomic E-state index is 11.8. The zero-order valence-corrected chi connectivity index (χ0v) is 12.5. The number of thiazole rings is 1. The smallest absolute Gasteiger partial charge is 0.232 e. The summed E-state index contributed by atoms with van der Waals surface area (Å²) < 4.78 is 0.0139. The minimum absolute atomic E-state index is 0.203. The summed E-state index contributed by atoms with van der Waals surface area (Å²) in [5.41, 5.74) is 0.814. The van der Waals surface area contributed by atoms with E-state index in [0.29, 0.717) is 17.3 Å². The first-order chi connectivity index (χ1) is 8.44. The second kappa shape index (κ2) is 5.25. The van der Waals surface area contributed by atoms with Gasteiger partial charge in [0.15, 0.2) is 5.13 Å². The van der Waals surface area contributed by atoms with Gasteiger partial charge >= 0.3 is 0 Å². The van der Waals surface area contributed by atoms with Crippen molar-refractivity contribution in [3.05, 3.63) is 5.69 Å². The fourth-order valence-electron chi connectivity index (χ4n) is 1.36. The van der Waals surface area contributed by atoms with Gasteiger partial charge in [0.2, 0.25) is 5.91 Å². The lowest BCUT2D eigenvalue weighted by Crippen LogP contribution is -2.16. The molecule has 96 valence electrons. The Balaban J connectivity index is 1.98. The number of hydrogen-bond donors (Lipinski definition) is 1. The highest BCUT2D eigenvalue weighted by Crippen LogP contribution is 2.53. The number of carbonyl (C=O) groups excluding carboxylic acids is 1. The van der Waals surface area contributed by atoms with Crippen LogP contribution in [0.3, 0.4) is 0 Å². The summed E-state index contributed by atoms with van der Waals surface area (Å²) in [5, 5.41) is 11.7. The number of aryl methyl sites for hydroxylation is 1. The molecular formula is C10H9Cl2N3OS2. The third-order valence-corrected chi connectivity index (χ3v) is 5.53. The number of nitrogens with zero attached hydrogens (tertiary/aromatic N) is 2. The van der Waals surface area contributed by atoms with Crippen molar-refractivity contribution in [3.63, 3.8) is 0 Å². The van der Waals surface area contributed by atoms with Crippen LogP contribution in [0.2, 0.25) is 0 Å². The number of carbonyl (C=O) groups is 1. The van der Waals surface area contributed by atoms with Gasteiger partial charge in [0.25, 0.3) is 0 Å². The molecule has 4 nitrogen and oxygen atoms in total. The van der Waals surface area contributed by atoms with E-state index in [1.54, 1.807) is 0 Å². The van der Waals surface area contributed by atoms with Gasteiger partial charge in [0.05, 0.1) is 27.6 Å². The number of alkyl halides is 2. The summed E-state index contributed by atoms with van der Waals surface area (Å²) in [6.45, 7) is 1.84. The van der Waals surface area contributed by atoms with Crippen molar-refractivity contribution < 1.29 is 4.79 Å². The molecule has 0 radical (unpaired) electrons. The third-order valence-electron chi connectivity index (χ3n) is 2.39. The molecule has 1 heterocycles. The summed E-state index contributed by atoms with van der Waals surface area (Å²) in [5.74, 6) is -0.197. The fraction of sp³-hybridized carbons (Fsp3) is 0.500. The molecule has 1 aromatic rings. The normalized spacial score (nSPS) is 20.2. The van der Waals surface area contributed by atoms with E-state index in [1.807, 2.05) is 6.92 Å². The van der Waals surface area contributed by atoms with E-state index >= 15 is 0 Å². The van der Waals surface area contributed by atoms with Crippen molar-refractivity contribution in [2.75, 3.05) is 11.1 Å². The summed E-state index contributed by atoms with van der Waals surface area (Å²) >= 11 is 14.4. The molecule has 1 N–H and O–H groups in total. The average Bonchev–Trinajstić information content (AvgIpc) is 2.79. The van der Waals surface area contributed by atoms with Crippen LogP contribution >= 0.6 is 46.3 Å². The van der Waals surface area contributed by atoms with Gasteiger partial charge in [-0.05, 0) is 13.3 Å². The Labute approximate surface area is 123 Å². The van der Waals surface area contributed by atoms with Gasteiger partial charge in [-0.3, -0.25) is 4.79 Å². The van der Waals surface area contributed by atoms with Crippen molar-refractivity contribution in [2.24, 2.45) is 5.92 Å². The van der Waals surface area contributed by atoms with Gasteiger partial charge in [-0.25, -0.2) is 4.98 Å². The van der Waals surface area contributed by atoms with E-state index in [4.69, 9.17) is 28.5 Å². The zero-order chi connectivity index (χ0) is 13.3. The summed E-state index contributed by atoms with van der Waals surface area (Å²) in [6.07, 6.45) is 0.475. The molecule has 8 heteroatoms. The van der Waals surface area contributed by atoms with Crippen molar-refractivity contribution in [1.29, 1.82) is 5.26 Å². The maximum absolute atomic E-state index is 11.8. The maximum Gasteiger partial charge on any atom is 0.232 e. The minimum atomic E-state index is -0.922. The average molecular weight is 322 g/mol. The number of rotatable bonds is 4. The molecule has 0 spiro atoms.